The predicted octanol–water partition coefficient (Wildman–Crippen LogP) is 7.43. The molecule has 4 aliphatic rings. The van der Waals surface area contributed by atoms with Gasteiger partial charge < -0.3 is 39.3 Å². The van der Waals surface area contributed by atoms with Crippen LogP contribution in [-0.4, -0.2) is 87.1 Å². The summed E-state index contributed by atoms with van der Waals surface area (Å²) in [6, 6.07) is 13.5. The number of benzene rings is 2. The largest absolute Gasteiger partial charge is 0.486 e. The Kier molecular flexibility index (Phi) is 10.6. The molecule has 3 fully saturated rings. The van der Waals surface area contributed by atoms with Crippen molar-refractivity contribution in [2.45, 2.75) is 91.5 Å². The van der Waals surface area contributed by atoms with Crippen LogP contribution in [0.1, 0.15) is 96.1 Å². The predicted molar refractivity (Wildman–Crippen MR) is 215 cm³/mol. The summed E-state index contributed by atoms with van der Waals surface area (Å²) >= 11 is 0. The van der Waals surface area contributed by atoms with Crippen LogP contribution in [0.2, 0.25) is 0 Å². The number of H-pyrrole nitrogens is 2. The van der Waals surface area contributed by atoms with Crippen LogP contribution >= 0.6 is 0 Å². The molecule has 1 spiro atoms. The highest BCUT2D eigenvalue weighted by Crippen LogP contribution is 2.49. The lowest BCUT2D eigenvalue weighted by atomic mass is 9.80. The van der Waals surface area contributed by atoms with Gasteiger partial charge in [0.2, 0.25) is 11.8 Å². The van der Waals surface area contributed by atoms with Gasteiger partial charge in [0.1, 0.15) is 35.7 Å². The van der Waals surface area contributed by atoms with Crippen molar-refractivity contribution in [2.75, 3.05) is 33.4 Å². The van der Waals surface area contributed by atoms with Crippen LogP contribution in [0, 0.1) is 23.2 Å². The van der Waals surface area contributed by atoms with Gasteiger partial charge in [0.15, 0.2) is 0 Å². The van der Waals surface area contributed by atoms with Crippen LogP contribution in [0.5, 0.6) is 5.75 Å². The summed E-state index contributed by atoms with van der Waals surface area (Å²) in [7, 11) is 1.30. The van der Waals surface area contributed by atoms with Crippen molar-refractivity contribution >= 4 is 17.9 Å². The monoisotopic (exact) mass is 777 g/mol. The molecule has 3 amide bonds. The van der Waals surface area contributed by atoms with Gasteiger partial charge in [-0.15, -0.1) is 0 Å². The molecule has 2 aromatic carbocycles. The minimum absolute atomic E-state index is 0.0209. The number of carbonyl (C=O) groups excluding carboxylic acids is 3. The van der Waals surface area contributed by atoms with Crippen LogP contribution in [0.4, 0.5) is 4.79 Å². The molecule has 0 bridgehead atoms. The van der Waals surface area contributed by atoms with Gasteiger partial charge in [-0.2, -0.15) is 0 Å². The summed E-state index contributed by atoms with van der Waals surface area (Å²) in [5, 5.41) is 2.77. The van der Waals surface area contributed by atoms with Gasteiger partial charge in [0.25, 0.3) is 0 Å². The quantitative estimate of drug-likeness (QED) is 0.159. The highest BCUT2D eigenvalue weighted by atomic mass is 16.5. The normalized spacial score (nSPS) is 22.7. The first kappa shape index (κ1) is 38.7. The standard InChI is InChI=1S/C44H55N7O6/c1-25(2)27(5)41(52)50-17-7-9-34(50)39-45-21-32(46-39)29-12-10-28(11-13-29)30-14-15-31-36(19-30)57-22-33-38(31)48-40(47-33)35-20-44(16-8-18-56-24-44)23-51(35)42(53)37(26(3)4)49-43(54)55-6/h10-15,19,21,25-27,34-35,37H,7-9,16-18,20,22-24H2,1-6H3,(H,45,46)(H,47,48)(H,49,54)/t27-,34-,35-,37-,44-/m0/s1. The second kappa shape index (κ2) is 15.6. The van der Waals surface area contributed by atoms with Crippen LogP contribution in [-0.2, 0) is 25.7 Å². The second-order valence-corrected chi connectivity index (χ2v) is 17.1. The third-order valence-electron chi connectivity index (χ3n) is 12.7. The maximum absolute atomic E-state index is 14.2. The summed E-state index contributed by atoms with van der Waals surface area (Å²) in [6.07, 6.45) is 5.74. The molecular weight excluding hydrogens is 723 g/mol. The average molecular weight is 778 g/mol. The fourth-order valence-electron chi connectivity index (χ4n) is 9.05. The molecule has 5 atom stereocenters. The topological polar surface area (TPSA) is 155 Å². The fraction of sp³-hybridized carbons (Fsp3) is 0.523. The molecule has 3 N–H and O–H groups in total. The first-order valence-corrected chi connectivity index (χ1v) is 20.5. The van der Waals surface area contributed by atoms with Gasteiger partial charge in [-0.05, 0) is 72.8 Å². The van der Waals surface area contributed by atoms with Crippen molar-refractivity contribution in [3.05, 3.63) is 66.0 Å². The number of aromatic nitrogens is 4. The van der Waals surface area contributed by atoms with Gasteiger partial charge in [0.05, 0.1) is 43.4 Å². The first-order chi connectivity index (χ1) is 27.4. The van der Waals surface area contributed by atoms with Gasteiger partial charge in [-0.25, -0.2) is 14.8 Å². The van der Waals surface area contributed by atoms with Gasteiger partial charge in [-0.1, -0.05) is 65.0 Å². The van der Waals surface area contributed by atoms with Gasteiger partial charge >= 0.3 is 6.09 Å². The van der Waals surface area contributed by atoms with Crippen molar-refractivity contribution in [1.29, 1.82) is 0 Å². The number of methoxy groups -OCH3 is 1. The average Bonchev–Trinajstić information content (AvgIpc) is 4.05. The number of ether oxygens (including phenoxy) is 3. The number of hydrogen-bond donors (Lipinski definition) is 3. The number of carbonyl (C=O) groups is 3. The molecule has 57 heavy (non-hydrogen) atoms. The highest BCUT2D eigenvalue weighted by Gasteiger charge is 2.50. The Morgan fingerprint density at radius 1 is 0.912 bits per heavy atom. The lowest BCUT2D eigenvalue weighted by Crippen LogP contribution is -2.51. The Labute approximate surface area is 334 Å². The van der Waals surface area contributed by atoms with E-state index in [-0.39, 0.29) is 41.1 Å². The number of rotatable bonds is 9. The van der Waals surface area contributed by atoms with E-state index in [0.717, 1.165) is 89.7 Å². The van der Waals surface area contributed by atoms with Crippen LogP contribution in [0.15, 0.2) is 48.7 Å². The van der Waals surface area contributed by atoms with Gasteiger partial charge in [0, 0.05) is 36.6 Å². The fourth-order valence-corrected chi connectivity index (χ4v) is 9.05. The van der Waals surface area contributed by atoms with Crippen LogP contribution in [0.3, 0.4) is 0 Å². The molecule has 302 valence electrons. The third-order valence-corrected chi connectivity index (χ3v) is 12.7. The summed E-state index contributed by atoms with van der Waals surface area (Å²) in [4.78, 5) is 60.5. The zero-order chi connectivity index (χ0) is 40.0. The van der Waals surface area contributed by atoms with Crippen molar-refractivity contribution in [1.82, 2.24) is 35.1 Å². The number of nitrogens with zero attached hydrogens (tertiary/aromatic N) is 4. The number of imidazole rings is 2. The minimum atomic E-state index is -0.740. The van der Waals surface area contributed by atoms with E-state index >= 15 is 0 Å². The minimum Gasteiger partial charge on any atom is -0.486 e. The number of aromatic amines is 2. The van der Waals surface area contributed by atoms with E-state index in [9.17, 15) is 14.4 Å². The lowest BCUT2D eigenvalue weighted by Gasteiger charge is -2.33. The number of hydrogen-bond acceptors (Lipinski definition) is 8. The van der Waals surface area contributed by atoms with Crippen molar-refractivity contribution in [2.24, 2.45) is 23.2 Å². The SMILES string of the molecule is COC(=O)N[C@H](C(=O)N1C[C@]2(CCCOC2)C[C@H]1c1nc2c([nH]1)-c1ccc(-c3ccc(-c4cnc([C@@H]5CCCN5C(=O)[C@@H](C)C(C)C)[nH]4)cc3)cc1OC2)C(C)C. The molecule has 4 aliphatic heterocycles. The zero-order valence-electron chi connectivity index (χ0n) is 33.9. The van der Waals surface area contributed by atoms with E-state index in [0.29, 0.717) is 37.9 Å². The van der Waals surface area contributed by atoms with E-state index < -0.39 is 12.1 Å². The summed E-state index contributed by atoms with van der Waals surface area (Å²) in [6.45, 7) is 13.0. The second-order valence-electron chi connectivity index (χ2n) is 17.1. The van der Waals surface area contributed by atoms with Crippen molar-refractivity contribution in [3.63, 3.8) is 0 Å². The summed E-state index contributed by atoms with van der Waals surface area (Å²) in [5.41, 5.74) is 6.46. The van der Waals surface area contributed by atoms with E-state index in [1.54, 1.807) is 0 Å². The number of amides is 3. The zero-order valence-corrected chi connectivity index (χ0v) is 33.9. The van der Waals surface area contributed by atoms with Crippen molar-refractivity contribution < 1.29 is 28.6 Å². The summed E-state index contributed by atoms with van der Waals surface area (Å²) in [5.74, 6) is 2.50. The Bertz CT molecular complexity index is 2120. The number of likely N-dealkylation sites (tertiary alicyclic amines) is 2. The molecule has 0 unspecified atom stereocenters. The molecule has 13 nitrogen and oxygen atoms in total. The molecule has 6 heterocycles. The van der Waals surface area contributed by atoms with E-state index in [2.05, 4.69) is 71.6 Å². The Morgan fingerprint density at radius 3 is 2.40 bits per heavy atom. The van der Waals surface area contributed by atoms with Crippen molar-refractivity contribution in [3.8, 4) is 39.4 Å². The number of fused-ring (bicyclic) bond motifs is 3. The lowest BCUT2D eigenvalue weighted by molar-refractivity contribution is -0.137. The van der Waals surface area contributed by atoms with E-state index in [1.165, 1.54) is 7.11 Å². The molecule has 3 saturated heterocycles. The maximum Gasteiger partial charge on any atom is 0.407 e. The first-order valence-electron chi connectivity index (χ1n) is 20.5. The molecule has 0 radical (unpaired) electrons. The Morgan fingerprint density at radius 2 is 1.68 bits per heavy atom. The molecule has 0 aliphatic carbocycles. The van der Waals surface area contributed by atoms with Gasteiger partial charge in [-0.3, -0.25) is 9.59 Å². The Hall–Kier alpha value is -5.17. The highest BCUT2D eigenvalue weighted by molar-refractivity contribution is 5.87. The molecule has 2 aromatic heterocycles. The van der Waals surface area contributed by atoms with E-state index in [1.807, 2.05) is 36.8 Å². The molecular formula is C44H55N7O6. The smallest absolute Gasteiger partial charge is 0.407 e. The van der Waals surface area contributed by atoms with Crippen LogP contribution in [0.25, 0.3) is 33.6 Å². The molecule has 4 aromatic rings. The number of alkyl carbamates (subject to hydrolysis) is 1. The third kappa shape index (κ3) is 7.42. The van der Waals surface area contributed by atoms with Crippen LogP contribution < -0.4 is 10.1 Å². The molecule has 13 heteroatoms. The van der Waals surface area contributed by atoms with E-state index in [4.69, 9.17) is 24.2 Å². The molecule has 8 rings (SSSR count). The number of nitrogens with one attached hydrogen (secondary N) is 3. The Balaban J connectivity index is 1.01. The maximum atomic E-state index is 14.2. The summed E-state index contributed by atoms with van der Waals surface area (Å²) < 4.78 is 17.1. The molecule has 0 saturated carbocycles.